The van der Waals surface area contributed by atoms with Gasteiger partial charge in [-0.25, -0.2) is 0 Å². The molecule has 0 saturated heterocycles. The Morgan fingerprint density at radius 1 is 1.13 bits per heavy atom. The average Bonchev–Trinajstić information content (AvgIpc) is 2.12. The largest absolute Gasteiger partial charge is 0.316 e. The van der Waals surface area contributed by atoms with Crippen molar-refractivity contribution in [3.05, 3.63) is 32.5 Å². The van der Waals surface area contributed by atoms with Crippen LogP contribution >= 0.6 is 0 Å². The number of nitrogens with zero attached hydrogens (tertiary/aromatic N) is 1. The van der Waals surface area contributed by atoms with E-state index < -0.39 is 16.1 Å². The quantitative estimate of drug-likeness (QED) is 0.492. The van der Waals surface area contributed by atoms with Gasteiger partial charge in [0.05, 0.1) is 4.92 Å². The van der Waals surface area contributed by atoms with Crippen molar-refractivity contribution in [3.63, 3.8) is 0 Å². The van der Waals surface area contributed by atoms with Gasteiger partial charge in [-0.3, -0.25) is 14.9 Å². The topological polar surface area (TPSA) is 60.2 Å². The fraction of sp³-hybridized carbons (Fsp3) is 0.545. The van der Waals surface area contributed by atoms with E-state index in [-0.39, 0.29) is 5.70 Å². The molecule has 82 valence electrons. The Labute approximate surface area is 88.8 Å². The number of allylic oxidation sites excluding steroid dienone is 3. The maximum Gasteiger partial charge on any atom is 0.316 e. The van der Waals surface area contributed by atoms with Gasteiger partial charge in [0, 0.05) is 16.6 Å². The van der Waals surface area contributed by atoms with Crippen molar-refractivity contribution in [3.8, 4) is 0 Å². The molecular formula is C11H15NO3. The molecule has 1 aliphatic carbocycles. The Balaban J connectivity index is 3.50. The average molecular weight is 209 g/mol. The molecule has 0 aromatic carbocycles. The minimum absolute atomic E-state index is 0.261. The Morgan fingerprint density at radius 3 is 2.00 bits per heavy atom. The van der Waals surface area contributed by atoms with Crippen LogP contribution in [0, 0.1) is 15.5 Å². The molecular weight excluding hydrogens is 194 g/mol. The van der Waals surface area contributed by atoms with E-state index in [1.165, 1.54) is 0 Å². The summed E-state index contributed by atoms with van der Waals surface area (Å²) in [6, 6.07) is 0. The summed E-state index contributed by atoms with van der Waals surface area (Å²) in [5.41, 5.74) is 1.29. The fourth-order valence-corrected chi connectivity index (χ4v) is 1.78. The number of hydrogen-bond donors (Lipinski definition) is 0. The molecule has 4 heteroatoms. The molecule has 0 unspecified atom stereocenters. The van der Waals surface area contributed by atoms with Crippen molar-refractivity contribution in [1.29, 1.82) is 0 Å². The van der Waals surface area contributed by atoms with Gasteiger partial charge >= 0.3 is 5.70 Å². The predicted molar refractivity (Wildman–Crippen MR) is 56.9 cm³/mol. The molecule has 0 aromatic rings. The first-order valence-corrected chi connectivity index (χ1v) is 4.79. The summed E-state index contributed by atoms with van der Waals surface area (Å²) in [5, 5.41) is 10.8. The molecule has 0 aliphatic heterocycles. The normalized spacial score (nSPS) is 21.0. The zero-order valence-electron chi connectivity index (χ0n) is 9.67. The summed E-state index contributed by atoms with van der Waals surface area (Å²) < 4.78 is 0. The summed E-state index contributed by atoms with van der Waals surface area (Å²) in [7, 11) is 0. The molecule has 1 aliphatic rings. The maximum absolute atomic E-state index is 11.7. The summed E-state index contributed by atoms with van der Waals surface area (Å²) in [5.74, 6) is -0.450. The second-order valence-electron chi connectivity index (χ2n) is 4.43. The second-order valence-corrected chi connectivity index (χ2v) is 4.43. The van der Waals surface area contributed by atoms with Crippen molar-refractivity contribution in [2.24, 2.45) is 5.41 Å². The minimum atomic E-state index is -0.574. The Hall–Kier alpha value is -1.45. The van der Waals surface area contributed by atoms with Crippen molar-refractivity contribution in [2.45, 2.75) is 34.6 Å². The third kappa shape index (κ3) is 1.50. The molecule has 0 aromatic heterocycles. The van der Waals surface area contributed by atoms with Crippen molar-refractivity contribution < 1.29 is 9.72 Å². The smallest absolute Gasteiger partial charge is 0.282 e. The molecule has 0 fully saturated rings. The standard InChI is InChI=1S/C11H15NO3/c1-6-7(2)11(4,5)8(3)9(10(6)13)12(14)15/h1-5H3. The molecule has 0 atom stereocenters. The molecule has 0 bridgehead atoms. The van der Waals surface area contributed by atoms with Crippen molar-refractivity contribution in [2.75, 3.05) is 0 Å². The summed E-state index contributed by atoms with van der Waals surface area (Å²) in [4.78, 5) is 22.0. The van der Waals surface area contributed by atoms with Crippen LogP contribution in [0.5, 0.6) is 0 Å². The van der Waals surface area contributed by atoms with Gasteiger partial charge in [-0.1, -0.05) is 19.4 Å². The molecule has 0 N–H and O–H groups in total. The summed E-state index contributed by atoms with van der Waals surface area (Å²) in [6.45, 7) is 8.96. The van der Waals surface area contributed by atoms with Gasteiger partial charge in [0.2, 0.25) is 0 Å². The summed E-state index contributed by atoms with van der Waals surface area (Å²) in [6.07, 6.45) is 0. The number of Topliss-reactive ketones (excluding diaryl/α,β-unsaturated/α-hetero) is 1. The van der Waals surface area contributed by atoms with Crippen LogP contribution in [0.1, 0.15) is 34.6 Å². The van der Waals surface area contributed by atoms with Crippen LogP contribution in [0.3, 0.4) is 0 Å². The van der Waals surface area contributed by atoms with Crippen LogP contribution in [0.15, 0.2) is 22.4 Å². The highest BCUT2D eigenvalue weighted by Gasteiger charge is 2.41. The monoisotopic (exact) mass is 209 g/mol. The van der Waals surface area contributed by atoms with E-state index in [0.29, 0.717) is 11.1 Å². The number of hydrogen-bond acceptors (Lipinski definition) is 3. The Bertz CT molecular complexity index is 414. The van der Waals surface area contributed by atoms with E-state index in [1.807, 2.05) is 20.8 Å². The van der Waals surface area contributed by atoms with E-state index in [4.69, 9.17) is 0 Å². The SMILES string of the molecule is CC1=C(C)C(C)(C)C(C)=C([N+](=O)[O-])C1=O. The zero-order valence-corrected chi connectivity index (χ0v) is 9.67. The van der Waals surface area contributed by atoms with Gasteiger partial charge in [0.1, 0.15) is 0 Å². The summed E-state index contributed by atoms with van der Waals surface area (Å²) >= 11 is 0. The van der Waals surface area contributed by atoms with Gasteiger partial charge < -0.3 is 0 Å². The highest BCUT2D eigenvalue weighted by atomic mass is 16.6. The van der Waals surface area contributed by atoms with Gasteiger partial charge in [-0.2, -0.15) is 0 Å². The third-order valence-electron chi connectivity index (χ3n) is 3.53. The van der Waals surface area contributed by atoms with Gasteiger partial charge in [0.15, 0.2) is 0 Å². The van der Waals surface area contributed by atoms with Crippen molar-refractivity contribution >= 4 is 5.78 Å². The first-order chi connectivity index (χ1) is 6.71. The number of carbonyl (C=O) groups is 1. The molecule has 1 rings (SSSR count). The van der Waals surface area contributed by atoms with Crippen LogP contribution in [-0.2, 0) is 4.79 Å². The number of nitro groups is 1. The van der Waals surface area contributed by atoms with E-state index in [1.54, 1.807) is 13.8 Å². The van der Waals surface area contributed by atoms with Crippen molar-refractivity contribution in [1.82, 2.24) is 0 Å². The lowest BCUT2D eigenvalue weighted by atomic mass is 9.71. The zero-order chi connectivity index (χ0) is 12.0. The van der Waals surface area contributed by atoms with Crippen LogP contribution in [0.25, 0.3) is 0 Å². The molecule has 0 heterocycles. The lowest BCUT2D eigenvalue weighted by Crippen LogP contribution is -2.30. The van der Waals surface area contributed by atoms with E-state index in [0.717, 1.165) is 5.57 Å². The predicted octanol–water partition coefficient (Wildman–Crippen LogP) is 2.48. The second kappa shape index (κ2) is 3.29. The maximum atomic E-state index is 11.7. The molecule has 0 amide bonds. The van der Waals surface area contributed by atoms with E-state index in [9.17, 15) is 14.9 Å². The minimum Gasteiger partial charge on any atom is -0.282 e. The molecule has 4 nitrogen and oxygen atoms in total. The third-order valence-corrected chi connectivity index (χ3v) is 3.53. The number of ketones is 1. The molecule has 15 heavy (non-hydrogen) atoms. The molecule has 0 saturated carbocycles. The first kappa shape index (κ1) is 11.6. The highest BCUT2D eigenvalue weighted by Crippen LogP contribution is 2.42. The van der Waals surface area contributed by atoms with Crippen LogP contribution < -0.4 is 0 Å². The van der Waals surface area contributed by atoms with Gasteiger partial charge in [-0.05, 0) is 20.8 Å². The lowest BCUT2D eigenvalue weighted by Gasteiger charge is -2.31. The van der Waals surface area contributed by atoms with Crippen LogP contribution in [0.4, 0.5) is 0 Å². The van der Waals surface area contributed by atoms with Gasteiger partial charge in [-0.15, -0.1) is 0 Å². The Kier molecular flexibility index (Phi) is 2.55. The Morgan fingerprint density at radius 2 is 1.60 bits per heavy atom. The molecule has 0 spiro atoms. The van der Waals surface area contributed by atoms with Crippen LogP contribution in [0.2, 0.25) is 0 Å². The van der Waals surface area contributed by atoms with Crippen LogP contribution in [-0.4, -0.2) is 10.7 Å². The number of carbonyl (C=O) groups excluding carboxylic acids is 1. The lowest BCUT2D eigenvalue weighted by molar-refractivity contribution is -0.420. The van der Waals surface area contributed by atoms with E-state index in [2.05, 4.69) is 0 Å². The molecule has 0 radical (unpaired) electrons. The highest BCUT2D eigenvalue weighted by molar-refractivity contribution is 6.08. The fourth-order valence-electron chi connectivity index (χ4n) is 1.78. The van der Waals surface area contributed by atoms with Gasteiger partial charge in [0.25, 0.3) is 5.78 Å². The van der Waals surface area contributed by atoms with E-state index >= 15 is 0 Å². The first-order valence-electron chi connectivity index (χ1n) is 4.79. The number of rotatable bonds is 1.